The first kappa shape index (κ1) is 22.5. The van der Waals surface area contributed by atoms with E-state index in [-0.39, 0.29) is 23.3 Å². The lowest BCUT2D eigenvalue weighted by Crippen LogP contribution is -3.29. The Kier molecular flexibility index (Phi) is 7.75. The molecule has 0 aliphatic carbocycles. The van der Waals surface area contributed by atoms with E-state index in [0.29, 0.717) is 5.75 Å². The first-order valence-corrected chi connectivity index (χ1v) is 10.5. The number of nitrogens with zero attached hydrogens (tertiary/aromatic N) is 1. The number of nitrogens with one attached hydrogen (secondary N) is 3. The molecule has 0 spiro atoms. The zero-order valence-electron chi connectivity index (χ0n) is 18.0. The summed E-state index contributed by atoms with van der Waals surface area (Å²) in [5.41, 5.74) is 1.22. The molecule has 1 atom stereocenters. The molecule has 0 bridgehead atoms. The normalized spacial score (nSPS) is 19.7. The van der Waals surface area contributed by atoms with Crippen LogP contribution in [0.5, 0.6) is 5.75 Å². The number of carbonyl (C=O) groups is 1. The van der Waals surface area contributed by atoms with Crippen molar-refractivity contribution in [3.8, 4) is 5.75 Å². The quantitative estimate of drug-likeness (QED) is 0.422. The van der Waals surface area contributed by atoms with Crippen molar-refractivity contribution in [2.75, 3.05) is 45.2 Å². The summed E-state index contributed by atoms with van der Waals surface area (Å²) in [6.45, 7) is 6.56. The van der Waals surface area contributed by atoms with Crippen molar-refractivity contribution in [3.05, 3.63) is 70.3 Å². The van der Waals surface area contributed by atoms with Gasteiger partial charge in [0.1, 0.15) is 37.6 Å². The number of quaternary nitrogens is 2. The van der Waals surface area contributed by atoms with E-state index in [2.05, 4.69) is 29.6 Å². The van der Waals surface area contributed by atoms with Gasteiger partial charge in [-0.2, -0.15) is 0 Å². The predicted octanol–water partition coefficient (Wildman–Crippen LogP) is 0.427. The van der Waals surface area contributed by atoms with Crippen LogP contribution in [0.25, 0.3) is 6.08 Å². The first-order chi connectivity index (χ1) is 15.0. The van der Waals surface area contributed by atoms with Crippen molar-refractivity contribution in [2.24, 2.45) is 0 Å². The van der Waals surface area contributed by atoms with Gasteiger partial charge in [-0.25, -0.2) is 0 Å². The number of rotatable bonds is 8. The molecule has 2 aromatic carbocycles. The van der Waals surface area contributed by atoms with E-state index < -0.39 is 4.92 Å². The van der Waals surface area contributed by atoms with Crippen LogP contribution in [-0.2, 0) is 4.79 Å². The van der Waals surface area contributed by atoms with E-state index in [1.54, 1.807) is 6.07 Å². The third-order valence-corrected chi connectivity index (χ3v) is 5.78. The molecule has 1 fully saturated rings. The molecule has 1 saturated heterocycles. The predicted molar refractivity (Wildman–Crippen MR) is 119 cm³/mol. The van der Waals surface area contributed by atoms with Crippen LogP contribution in [0.15, 0.2) is 54.6 Å². The molecule has 1 amide bonds. The molecule has 3 rings (SSSR count). The number of nitro benzene ring substituents is 1. The summed E-state index contributed by atoms with van der Waals surface area (Å²) < 4.78 is 5.04. The third kappa shape index (κ3) is 6.13. The van der Waals surface area contributed by atoms with Gasteiger partial charge in [-0.1, -0.05) is 36.4 Å². The highest BCUT2D eigenvalue weighted by atomic mass is 16.6. The number of methoxy groups -OCH3 is 1. The summed E-state index contributed by atoms with van der Waals surface area (Å²) in [6, 6.07) is 14.4. The van der Waals surface area contributed by atoms with Gasteiger partial charge >= 0.3 is 0 Å². The molecule has 0 saturated carbocycles. The van der Waals surface area contributed by atoms with Crippen LogP contribution in [0.3, 0.4) is 0 Å². The highest BCUT2D eigenvalue weighted by Crippen LogP contribution is 2.28. The fourth-order valence-corrected chi connectivity index (χ4v) is 3.81. The maximum absolute atomic E-state index is 12.7. The molecule has 164 valence electrons. The minimum Gasteiger partial charge on any atom is -0.496 e. The molecule has 1 aliphatic rings. The van der Waals surface area contributed by atoms with Crippen molar-refractivity contribution in [1.29, 1.82) is 0 Å². The molecule has 1 aliphatic heterocycles. The zero-order valence-corrected chi connectivity index (χ0v) is 18.0. The van der Waals surface area contributed by atoms with Crippen molar-refractivity contribution in [1.82, 2.24) is 0 Å². The second-order valence-electron chi connectivity index (χ2n) is 7.78. The SMILES string of the molecule is COc1ccc(NC(=O)[C@@H](C)[NH+]2CC[NH+](C/C=C/c3ccccc3)CC2)c([N+](=O)[O-])c1. The molecular weight excluding hydrogens is 396 g/mol. The largest absolute Gasteiger partial charge is 0.496 e. The van der Waals surface area contributed by atoms with Crippen LogP contribution in [-0.4, -0.2) is 56.7 Å². The zero-order chi connectivity index (χ0) is 22.2. The highest BCUT2D eigenvalue weighted by molar-refractivity contribution is 5.95. The average Bonchev–Trinajstić information content (AvgIpc) is 2.80. The Morgan fingerprint density at radius 3 is 2.55 bits per heavy atom. The number of amides is 1. The molecule has 1 heterocycles. The Hall–Kier alpha value is -3.23. The second kappa shape index (κ2) is 10.7. The number of hydrogen-bond acceptors (Lipinski definition) is 4. The average molecular weight is 427 g/mol. The van der Waals surface area contributed by atoms with E-state index in [1.807, 2.05) is 25.1 Å². The van der Waals surface area contributed by atoms with Crippen molar-refractivity contribution in [2.45, 2.75) is 13.0 Å². The van der Waals surface area contributed by atoms with Gasteiger partial charge in [0.05, 0.1) is 24.6 Å². The summed E-state index contributed by atoms with van der Waals surface area (Å²) in [5.74, 6) is 0.166. The van der Waals surface area contributed by atoms with E-state index in [9.17, 15) is 14.9 Å². The van der Waals surface area contributed by atoms with E-state index in [4.69, 9.17) is 4.74 Å². The molecule has 8 nitrogen and oxygen atoms in total. The molecule has 3 N–H and O–H groups in total. The van der Waals surface area contributed by atoms with Crippen LogP contribution in [0.1, 0.15) is 12.5 Å². The number of benzene rings is 2. The number of ether oxygens (including phenoxy) is 1. The van der Waals surface area contributed by atoms with Gasteiger partial charge in [0.15, 0.2) is 6.04 Å². The maximum Gasteiger partial charge on any atom is 0.296 e. The Balaban J connectivity index is 1.51. The fraction of sp³-hybridized carbons (Fsp3) is 0.348. The molecule has 2 aromatic rings. The van der Waals surface area contributed by atoms with Crippen LogP contribution in [0.4, 0.5) is 11.4 Å². The number of piperazine rings is 1. The number of anilines is 1. The minimum atomic E-state index is -0.513. The minimum absolute atomic E-state index is 0.172. The molecule has 31 heavy (non-hydrogen) atoms. The Labute approximate surface area is 182 Å². The Bertz CT molecular complexity index is 924. The third-order valence-electron chi connectivity index (χ3n) is 5.78. The molecule has 0 aromatic heterocycles. The fourth-order valence-electron chi connectivity index (χ4n) is 3.81. The Morgan fingerprint density at radius 2 is 1.90 bits per heavy atom. The maximum atomic E-state index is 12.7. The smallest absolute Gasteiger partial charge is 0.296 e. The standard InChI is InChI=1S/C23H28N4O4/c1-18(23(28)24-21-11-10-20(31-2)17-22(21)27(29)30)26-15-13-25(14-16-26)12-6-9-19-7-4-3-5-8-19/h3-11,17-18H,12-16H2,1-2H3,(H,24,28)/p+2/b9-6+/t18-/m1/s1. The lowest BCUT2D eigenvalue weighted by molar-refractivity contribution is -1.02. The van der Waals surface area contributed by atoms with E-state index >= 15 is 0 Å². The molecule has 0 radical (unpaired) electrons. The van der Waals surface area contributed by atoms with E-state index in [1.165, 1.54) is 34.6 Å². The topological polar surface area (TPSA) is 90.3 Å². The number of nitro groups is 1. The van der Waals surface area contributed by atoms with Gasteiger partial charge in [-0.15, -0.1) is 0 Å². The molecule has 8 heteroatoms. The lowest BCUT2D eigenvalue weighted by atomic mass is 10.2. The summed E-state index contributed by atoms with van der Waals surface area (Å²) >= 11 is 0. The van der Waals surface area contributed by atoms with Gasteiger partial charge in [0.2, 0.25) is 0 Å². The van der Waals surface area contributed by atoms with Crippen LogP contribution in [0, 0.1) is 10.1 Å². The summed E-state index contributed by atoms with van der Waals surface area (Å²) in [6.07, 6.45) is 4.35. The highest BCUT2D eigenvalue weighted by Gasteiger charge is 2.31. The van der Waals surface area contributed by atoms with Gasteiger partial charge in [0.25, 0.3) is 11.6 Å². The number of carbonyl (C=O) groups excluding carboxylic acids is 1. The van der Waals surface area contributed by atoms with Gasteiger partial charge < -0.3 is 19.9 Å². The van der Waals surface area contributed by atoms with Crippen molar-refractivity contribution in [3.63, 3.8) is 0 Å². The summed E-state index contributed by atoms with van der Waals surface area (Å²) in [7, 11) is 1.45. The lowest BCUT2D eigenvalue weighted by Gasteiger charge is -2.32. The summed E-state index contributed by atoms with van der Waals surface area (Å²) in [5, 5.41) is 14.1. The molecule has 0 unspecified atom stereocenters. The van der Waals surface area contributed by atoms with E-state index in [0.717, 1.165) is 32.7 Å². The molecular formula is C23H30N4O4+2. The van der Waals surface area contributed by atoms with Gasteiger partial charge in [-0.05, 0) is 30.7 Å². The summed E-state index contributed by atoms with van der Waals surface area (Å²) in [4.78, 5) is 26.3. The van der Waals surface area contributed by atoms with Crippen LogP contribution >= 0.6 is 0 Å². The van der Waals surface area contributed by atoms with Crippen molar-refractivity contribution < 1.29 is 24.3 Å². The number of hydrogen-bond donors (Lipinski definition) is 3. The van der Waals surface area contributed by atoms with Gasteiger partial charge in [-0.3, -0.25) is 14.9 Å². The first-order valence-electron chi connectivity index (χ1n) is 10.5. The van der Waals surface area contributed by atoms with Crippen LogP contribution < -0.4 is 19.9 Å². The second-order valence-corrected chi connectivity index (χ2v) is 7.78. The monoisotopic (exact) mass is 426 g/mol. The van der Waals surface area contributed by atoms with Gasteiger partial charge in [0, 0.05) is 0 Å². The Morgan fingerprint density at radius 1 is 1.19 bits per heavy atom. The van der Waals surface area contributed by atoms with Crippen molar-refractivity contribution >= 4 is 23.4 Å². The van der Waals surface area contributed by atoms with Crippen LogP contribution in [0.2, 0.25) is 0 Å².